The molecule has 0 N–H and O–H groups in total. The summed E-state index contributed by atoms with van der Waals surface area (Å²) in [7, 11) is 0. The molecule has 0 aliphatic heterocycles. The lowest BCUT2D eigenvalue weighted by Crippen LogP contribution is -2.18. The fraction of sp³-hybridized carbons (Fsp3) is 0.556. The predicted octanol–water partition coefficient (Wildman–Crippen LogP) is 1.50. The molecule has 0 amide bonds. The van der Waals surface area contributed by atoms with Crippen molar-refractivity contribution in [3.8, 4) is 0 Å². The first-order valence-electron chi connectivity index (χ1n) is 4.36. The zero-order valence-electron chi connectivity index (χ0n) is 6.94. The van der Waals surface area contributed by atoms with Gasteiger partial charge < -0.3 is 0 Å². The molecule has 0 atom stereocenters. The summed E-state index contributed by atoms with van der Waals surface area (Å²) < 4.78 is 1.87. The van der Waals surface area contributed by atoms with Crippen LogP contribution in [0.25, 0.3) is 0 Å². The van der Waals surface area contributed by atoms with E-state index in [1.807, 2.05) is 10.9 Å². The Bertz CT molecular complexity index is 276. The number of carbonyl (C=O) groups is 1. The van der Waals surface area contributed by atoms with Gasteiger partial charge in [0.1, 0.15) is 0 Å². The Balaban J connectivity index is 1.97. The Morgan fingerprint density at radius 2 is 2.50 bits per heavy atom. The molecule has 1 aliphatic carbocycles. The van der Waals surface area contributed by atoms with Crippen LogP contribution in [-0.4, -0.2) is 16.1 Å². The number of carbonyl (C=O) groups excluding carboxylic acids is 1. The standard InChI is InChI=1S/C9H12N2O/c12-7-9-4-10-11(6-9)5-8-2-1-3-8/h4,6-8H,1-3,5H2. The molecule has 0 saturated heterocycles. The van der Waals surface area contributed by atoms with E-state index in [-0.39, 0.29) is 0 Å². The van der Waals surface area contributed by atoms with Gasteiger partial charge in [-0.25, -0.2) is 0 Å². The van der Waals surface area contributed by atoms with Gasteiger partial charge in [-0.1, -0.05) is 6.42 Å². The minimum atomic E-state index is 0.675. The molecule has 1 aliphatic rings. The number of rotatable bonds is 3. The quantitative estimate of drug-likeness (QED) is 0.634. The van der Waals surface area contributed by atoms with E-state index < -0.39 is 0 Å². The molecular formula is C9H12N2O. The first kappa shape index (κ1) is 7.53. The lowest BCUT2D eigenvalue weighted by molar-refractivity contribution is 0.112. The van der Waals surface area contributed by atoms with Crippen molar-refractivity contribution in [2.45, 2.75) is 25.8 Å². The van der Waals surface area contributed by atoms with E-state index in [9.17, 15) is 4.79 Å². The van der Waals surface area contributed by atoms with Gasteiger partial charge in [-0.3, -0.25) is 9.48 Å². The Kier molecular flexibility index (Phi) is 1.94. The summed E-state index contributed by atoms with van der Waals surface area (Å²) >= 11 is 0. The van der Waals surface area contributed by atoms with Crippen LogP contribution in [0.1, 0.15) is 29.6 Å². The fourth-order valence-corrected chi connectivity index (χ4v) is 1.48. The van der Waals surface area contributed by atoms with Crippen molar-refractivity contribution in [1.29, 1.82) is 0 Å². The normalized spacial score (nSPS) is 17.3. The number of nitrogens with zero attached hydrogens (tertiary/aromatic N) is 2. The van der Waals surface area contributed by atoms with Crippen molar-refractivity contribution in [2.75, 3.05) is 0 Å². The summed E-state index contributed by atoms with van der Waals surface area (Å²) in [5, 5.41) is 4.09. The third-order valence-corrected chi connectivity index (χ3v) is 2.46. The molecule has 3 heteroatoms. The van der Waals surface area contributed by atoms with Crippen LogP contribution in [0.4, 0.5) is 0 Å². The molecule has 12 heavy (non-hydrogen) atoms. The van der Waals surface area contributed by atoms with Crippen LogP contribution in [0.5, 0.6) is 0 Å². The minimum absolute atomic E-state index is 0.675. The van der Waals surface area contributed by atoms with Crippen LogP contribution >= 0.6 is 0 Å². The molecule has 1 saturated carbocycles. The van der Waals surface area contributed by atoms with Crippen molar-refractivity contribution >= 4 is 6.29 Å². The van der Waals surface area contributed by atoms with Crippen LogP contribution < -0.4 is 0 Å². The highest BCUT2D eigenvalue weighted by molar-refractivity contribution is 5.73. The average Bonchev–Trinajstić information content (AvgIpc) is 2.44. The van der Waals surface area contributed by atoms with Crippen LogP contribution in [0.3, 0.4) is 0 Å². The molecule has 0 spiro atoms. The molecule has 1 aromatic rings. The number of hydrogen-bond donors (Lipinski definition) is 0. The minimum Gasteiger partial charge on any atom is -0.298 e. The number of hydrogen-bond acceptors (Lipinski definition) is 2. The maximum Gasteiger partial charge on any atom is 0.153 e. The van der Waals surface area contributed by atoms with E-state index in [4.69, 9.17) is 0 Å². The molecular weight excluding hydrogens is 152 g/mol. The van der Waals surface area contributed by atoms with Crippen molar-refractivity contribution in [3.63, 3.8) is 0 Å². The third-order valence-electron chi connectivity index (χ3n) is 2.46. The maximum atomic E-state index is 10.3. The molecule has 1 fully saturated rings. The van der Waals surface area contributed by atoms with Gasteiger partial charge in [0, 0.05) is 12.7 Å². The van der Waals surface area contributed by atoms with Crippen LogP contribution in [0.15, 0.2) is 12.4 Å². The zero-order chi connectivity index (χ0) is 8.39. The van der Waals surface area contributed by atoms with Crippen molar-refractivity contribution < 1.29 is 4.79 Å². The van der Waals surface area contributed by atoms with Crippen LogP contribution in [-0.2, 0) is 6.54 Å². The predicted molar refractivity (Wildman–Crippen MR) is 45.0 cm³/mol. The third kappa shape index (κ3) is 1.40. The van der Waals surface area contributed by atoms with Gasteiger partial charge in [0.2, 0.25) is 0 Å². The Morgan fingerprint density at radius 1 is 1.67 bits per heavy atom. The topological polar surface area (TPSA) is 34.9 Å². The van der Waals surface area contributed by atoms with Gasteiger partial charge in [0.25, 0.3) is 0 Å². The molecule has 64 valence electrons. The van der Waals surface area contributed by atoms with Crippen LogP contribution in [0.2, 0.25) is 0 Å². The van der Waals surface area contributed by atoms with Gasteiger partial charge in [-0.2, -0.15) is 5.10 Å². The highest BCUT2D eigenvalue weighted by Gasteiger charge is 2.17. The summed E-state index contributed by atoms with van der Waals surface area (Å²) in [5.41, 5.74) is 0.675. The molecule has 0 bridgehead atoms. The van der Waals surface area contributed by atoms with Crippen LogP contribution in [0, 0.1) is 5.92 Å². The van der Waals surface area contributed by atoms with Gasteiger partial charge in [0.15, 0.2) is 6.29 Å². The van der Waals surface area contributed by atoms with Gasteiger partial charge >= 0.3 is 0 Å². The van der Waals surface area contributed by atoms with Crippen molar-refractivity contribution in [1.82, 2.24) is 9.78 Å². The SMILES string of the molecule is O=Cc1cnn(CC2CCC2)c1. The maximum absolute atomic E-state index is 10.3. The Morgan fingerprint density at radius 3 is 3.00 bits per heavy atom. The molecule has 0 aromatic carbocycles. The van der Waals surface area contributed by atoms with E-state index in [1.54, 1.807) is 6.20 Å². The van der Waals surface area contributed by atoms with E-state index in [0.717, 1.165) is 18.7 Å². The molecule has 0 unspecified atom stereocenters. The summed E-state index contributed by atoms with van der Waals surface area (Å²) in [6, 6.07) is 0. The molecule has 2 rings (SSSR count). The van der Waals surface area contributed by atoms with Gasteiger partial charge in [-0.15, -0.1) is 0 Å². The molecule has 1 heterocycles. The molecule has 0 radical (unpaired) electrons. The average molecular weight is 164 g/mol. The van der Waals surface area contributed by atoms with Crippen molar-refractivity contribution in [2.24, 2.45) is 5.92 Å². The largest absolute Gasteiger partial charge is 0.298 e. The smallest absolute Gasteiger partial charge is 0.153 e. The summed E-state index contributed by atoms with van der Waals surface area (Å²) in [6.07, 6.45) is 8.25. The summed E-state index contributed by atoms with van der Waals surface area (Å²) in [4.78, 5) is 10.3. The second kappa shape index (κ2) is 3.09. The number of aldehydes is 1. The molecule has 1 aromatic heterocycles. The first-order valence-corrected chi connectivity index (χ1v) is 4.36. The first-order chi connectivity index (χ1) is 5.88. The molecule has 3 nitrogen and oxygen atoms in total. The highest BCUT2D eigenvalue weighted by atomic mass is 16.1. The second-order valence-corrected chi connectivity index (χ2v) is 3.41. The lowest BCUT2D eigenvalue weighted by atomic mass is 9.85. The summed E-state index contributed by atoms with van der Waals surface area (Å²) in [5.74, 6) is 0.796. The highest BCUT2D eigenvalue weighted by Crippen LogP contribution is 2.27. The van der Waals surface area contributed by atoms with E-state index >= 15 is 0 Å². The van der Waals surface area contributed by atoms with E-state index in [1.165, 1.54) is 19.3 Å². The van der Waals surface area contributed by atoms with E-state index in [2.05, 4.69) is 5.10 Å². The monoisotopic (exact) mass is 164 g/mol. The summed E-state index contributed by atoms with van der Waals surface area (Å²) in [6.45, 7) is 0.980. The second-order valence-electron chi connectivity index (χ2n) is 3.41. The Labute approximate surface area is 71.4 Å². The zero-order valence-corrected chi connectivity index (χ0v) is 6.94. The van der Waals surface area contributed by atoms with E-state index in [0.29, 0.717) is 5.56 Å². The fourth-order valence-electron chi connectivity index (χ4n) is 1.48. The van der Waals surface area contributed by atoms with Gasteiger partial charge in [-0.05, 0) is 18.8 Å². The Hall–Kier alpha value is -1.12. The lowest BCUT2D eigenvalue weighted by Gasteiger charge is -2.24. The number of aromatic nitrogens is 2. The van der Waals surface area contributed by atoms with Crippen molar-refractivity contribution in [3.05, 3.63) is 18.0 Å². The van der Waals surface area contributed by atoms with Gasteiger partial charge in [0.05, 0.1) is 11.8 Å².